The van der Waals surface area contributed by atoms with Gasteiger partial charge in [-0.05, 0) is 32.4 Å². The molecule has 0 fully saturated rings. The zero-order valence-corrected chi connectivity index (χ0v) is 11.9. The minimum Gasteiger partial charge on any atom is -0.486 e. The molecule has 0 saturated heterocycles. The highest BCUT2D eigenvalue weighted by Crippen LogP contribution is 2.38. The summed E-state index contributed by atoms with van der Waals surface area (Å²) in [6, 6.07) is 6.36. The molecule has 1 unspecified atom stereocenters. The molecule has 0 spiro atoms. The first-order chi connectivity index (χ1) is 9.22. The molecular weight excluding hydrogens is 238 g/mol. The lowest BCUT2D eigenvalue weighted by atomic mass is 9.98. The molecule has 1 N–H and O–H groups in total. The molecule has 3 heteroatoms. The third kappa shape index (κ3) is 3.51. The summed E-state index contributed by atoms with van der Waals surface area (Å²) in [6.45, 7) is 10.5. The van der Waals surface area contributed by atoms with Gasteiger partial charge in [-0.25, -0.2) is 0 Å². The van der Waals surface area contributed by atoms with Gasteiger partial charge in [-0.1, -0.05) is 24.6 Å². The monoisotopic (exact) mass is 261 g/mol. The molecule has 0 bridgehead atoms. The van der Waals surface area contributed by atoms with E-state index in [1.807, 2.05) is 12.1 Å². The minimum atomic E-state index is 0.245. The second-order valence-electron chi connectivity index (χ2n) is 5.04. The number of benzene rings is 1. The molecule has 1 atom stereocenters. The van der Waals surface area contributed by atoms with Gasteiger partial charge < -0.3 is 14.8 Å². The Hall–Kier alpha value is -1.48. The van der Waals surface area contributed by atoms with Gasteiger partial charge in [0.1, 0.15) is 13.2 Å². The zero-order chi connectivity index (χ0) is 13.7. The highest BCUT2D eigenvalue weighted by molar-refractivity contribution is 5.49. The average Bonchev–Trinajstić information content (AvgIpc) is 2.42. The van der Waals surface area contributed by atoms with Crippen LogP contribution >= 0.6 is 0 Å². The van der Waals surface area contributed by atoms with Crippen molar-refractivity contribution in [2.24, 2.45) is 0 Å². The van der Waals surface area contributed by atoms with Crippen molar-refractivity contribution in [2.45, 2.75) is 32.7 Å². The highest BCUT2D eigenvalue weighted by atomic mass is 16.6. The molecule has 104 valence electrons. The molecule has 1 aliphatic heterocycles. The summed E-state index contributed by atoms with van der Waals surface area (Å²) in [4.78, 5) is 0. The summed E-state index contributed by atoms with van der Waals surface area (Å²) >= 11 is 0. The number of rotatable bonds is 6. The number of fused-ring (bicyclic) bond motifs is 1. The van der Waals surface area contributed by atoms with Crippen molar-refractivity contribution in [2.75, 3.05) is 19.8 Å². The van der Waals surface area contributed by atoms with Crippen molar-refractivity contribution in [1.29, 1.82) is 0 Å². The van der Waals surface area contributed by atoms with Crippen LogP contribution in [-0.4, -0.2) is 19.8 Å². The van der Waals surface area contributed by atoms with E-state index >= 15 is 0 Å². The van der Waals surface area contributed by atoms with E-state index in [9.17, 15) is 0 Å². The molecule has 0 radical (unpaired) electrons. The van der Waals surface area contributed by atoms with Crippen molar-refractivity contribution < 1.29 is 9.47 Å². The van der Waals surface area contributed by atoms with E-state index in [1.165, 1.54) is 11.1 Å². The van der Waals surface area contributed by atoms with Gasteiger partial charge in [0, 0.05) is 11.6 Å². The first kappa shape index (κ1) is 13.9. The van der Waals surface area contributed by atoms with Crippen LogP contribution in [0.25, 0.3) is 0 Å². The van der Waals surface area contributed by atoms with Crippen LogP contribution < -0.4 is 14.8 Å². The lowest BCUT2D eigenvalue weighted by Crippen LogP contribution is -2.25. The van der Waals surface area contributed by atoms with E-state index in [1.54, 1.807) is 0 Å². The van der Waals surface area contributed by atoms with Gasteiger partial charge >= 0.3 is 0 Å². The summed E-state index contributed by atoms with van der Waals surface area (Å²) in [7, 11) is 0. The third-order valence-corrected chi connectivity index (χ3v) is 3.17. The molecule has 0 aromatic heterocycles. The summed E-state index contributed by atoms with van der Waals surface area (Å²) in [5, 5.41) is 3.57. The number of hydrogen-bond donors (Lipinski definition) is 1. The van der Waals surface area contributed by atoms with E-state index in [2.05, 4.69) is 31.8 Å². The largest absolute Gasteiger partial charge is 0.486 e. The number of nitrogens with one attached hydrogen (secondary N) is 1. The van der Waals surface area contributed by atoms with Crippen molar-refractivity contribution in [3.63, 3.8) is 0 Å². The van der Waals surface area contributed by atoms with Crippen LogP contribution in [0.4, 0.5) is 0 Å². The maximum atomic E-state index is 5.80. The summed E-state index contributed by atoms with van der Waals surface area (Å²) in [5.41, 5.74) is 2.34. The Morgan fingerprint density at radius 1 is 1.37 bits per heavy atom. The van der Waals surface area contributed by atoms with Gasteiger partial charge in [0.25, 0.3) is 0 Å². The molecule has 1 heterocycles. The fourth-order valence-electron chi connectivity index (χ4n) is 2.33. The molecule has 1 aromatic rings. The maximum Gasteiger partial charge on any atom is 0.166 e. The Labute approximate surface area is 115 Å². The van der Waals surface area contributed by atoms with E-state index < -0.39 is 0 Å². The van der Waals surface area contributed by atoms with Crippen LogP contribution in [0.5, 0.6) is 11.5 Å². The Kier molecular flexibility index (Phi) is 4.86. The molecule has 19 heavy (non-hydrogen) atoms. The summed E-state index contributed by atoms with van der Waals surface area (Å²) in [6.07, 6.45) is 2.03. The first-order valence-electron chi connectivity index (χ1n) is 6.98. The second kappa shape index (κ2) is 6.62. The summed E-state index contributed by atoms with van der Waals surface area (Å²) in [5.74, 6) is 1.75. The second-order valence-corrected chi connectivity index (χ2v) is 5.04. The number of ether oxygens (including phenoxy) is 2. The Morgan fingerprint density at radius 3 is 2.89 bits per heavy atom. The minimum absolute atomic E-state index is 0.245. The van der Waals surface area contributed by atoms with Crippen LogP contribution in [0, 0.1) is 0 Å². The first-order valence-corrected chi connectivity index (χ1v) is 6.98. The quantitative estimate of drug-likeness (QED) is 0.795. The Morgan fingerprint density at radius 2 is 2.16 bits per heavy atom. The van der Waals surface area contributed by atoms with E-state index in [-0.39, 0.29) is 6.04 Å². The van der Waals surface area contributed by atoms with E-state index in [4.69, 9.17) is 9.47 Å². The van der Waals surface area contributed by atoms with E-state index in [0.717, 1.165) is 30.9 Å². The van der Waals surface area contributed by atoms with Crippen LogP contribution in [0.1, 0.15) is 38.3 Å². The number of hydrogen-bond acceptors (Lipinski definition) is 3. The molecule has 0 aliphatic carbocycles. The van der Waals surface area contributed by atoms with Gasteiger partial charge in [-0.15, -0.1) is 6.58 Å². The molecule has 1 aromatic carbocycles. The molecule has 3 nitrogen and oxygen atoms in total. The van der Waals surface area contributed by atoms with Gasteiger partial charge in [0.15, 0.2) is 11.5 Å². The van der Waals surface area contributed by atoms with Crippen molar-refractivity contribution >= 4 is 0 Å². The predicted octanol–water partition coefficient (Wildman–Crippen LogP) is 3.46. The van der Waals surface area contributed by atoms with Gasteiger partial charge in [0.05, 0.1) is 0 Å². The topological polar surface area (TPSA) is 30.5 Å². The maximum absolute atomic E-state index is 5.80. The summed E-state index contributed by atoms with van der Waals surface area (Å²) < 4.78 is 11.5. The molecule has 2 rings (SSSR count). The van der Waals surface area contributed by atoms with Crippen molar-refractivity contribution in [3.8, 4) is 11.5 Å². The average molecular weight is 261 g/mol. The number of para-hydroxylation sites is 1. The fraction of sp³-hybridized carbons (Fsp3) is 0.500. The third-order valence-electron chi connectivity index (χ3n) is 3.17. The fourth-order valence-corrected chi connectivity index (χ4v) is 2.33. The van der Waals surface area contributed by atoms with Gasteiger partial charge in [-0.2, -0.15) is 0 Å². The Balaban J connectivity index is 2.26. The molecule has 0 saturated carbocycles. The van der Waals surface area contributed by atoms with Crippen molar-refractivity contribution in [1.82, 2.24) is 5.32 Å². The lowest BCUT2D eigenvalue weighted by molar-refractivity contribution is 0.168. The molecule has 1 aliphatic rings. The van der Waals surface area contributed by atoms with Gasteiger partial charge in [-0.3, -0.25) is 0 Å². The smallest absolute Gasteiger partial charge is 0.166 e. The van der Waals surface area contributed by atoms with Crippen LogP contribution in [-0.2, 0) is 0 Å². The SMILES string of the molecule is C=C(C)CC(NCCC)c1cccc2c1OCCO2. The predicted molar refractivity (Wildman–Crippen MR) is 77.9 cm³/mol. The lowest BCUT2D eigenvalue weighted by Gasteiger charge is -2.26. The molecular formula is C16H23NO2. The zero-order valence-electron chi connectivity index (χ0n) is 11.9. The highest BCUT2D eigenvalue weighted by Gasteiger charge is 2.21. The van der Waals surface area contributed by atoms with Crippen molar-refractivity contribution in [3.05, 3.63) is 35.9 Å². The standard InChI is InChI=1S/C16H23NO2/c1-4-8-17-14(11-12(2)3)13-6-5-7-15-16(13)19-10-9-18-15/h5-7,14,17H,2,4,8-11H2,1,3H3. The normalized spacial score (nSPS) is 15.1. The van der Waals surface area contributed by atoms with Gasteiger partial charge in [0.2, 0.25) is 0 Å². The van der Waals surface area contributed by atoms with Crippen LogP contribution in [0.2, 0.25) is 0 Å². The van der Waals surface area contributed by atoms with Crippen LogP contribution in [0.3, 0.4) is 0 Å². The Bertz CT molecular complexity index is 442. The van der Waals surface area contributed by atoms with Crippen LogP contribution in [0.15, 0.2) is 30.4 Å². The van der Waals surface area contributed by atoms with E-state index in [0.29, 0.717) is 13.2 Å². The molecule has 0 amide bonds.